The topological polar surface area (TPSA) is 3.24 Å². The van der Waals surface area contributed by atoms with Gasteiger partial charge in [-0.2, -0.15) is 0 Å². The smallest absolute Gasteiger partial charge is 0.0215 e. The first-order chi connectivity index (χ1) is 9.63. The van der Waals surface area contributed by atoms with Crippen LogP contribution in [0.3, 0.4) is 0 Å². The van der Waals surface area contributed by atoms with Gasteiger partial charge in [0.15, 0.2) is 0 Å². The van der Waals surface area contributed by atoms with E-state index in [1.165, 1.54) is 48.9 Å². The molecule has 1 atom stereocenters. The van der Waals surface area contributed by atoms with Gasteiger partial charge in [-0.3, -0.25) is 0 Å². The molecular weight excluding hydrogens is 242 g/mol. The highest BCUT2D eigenvalue weighted by atomic mass is 15.1. The predicted octanol–water partition coefficient (Wildman–Crippen LogP) is 5.19. The second kappa shape index (κ2) is 6.84. The summed E-state index contributed by atoms with van der Waals surface area (Å²) in [4.78, 5) is 2.18. The third-order valence-corrected chi connectivity index (χ3v) is 4.64. The van der Waals surface area contributed by atoms with Gasteiger partial charge >= 0.3 is 0 Å². The molecule has 0 saturated heterocycles. The zero-order chi connectivity index (χ0) is 14.5. The first kappa shape index (κ1) is 15.0. The molecule has 1 saturated carbocycles. The summed E-state index contributed by atoms with van der Waals surface area (Å²) in [5.41, 5.74) is 10.9. The van der Waals surface area contributed by atoms with Crippen LogP contribution >= 0.6 is 0 Å². The fourth-order valence-corrected chi connectivity index (χ4v) is 3.35. The maximum absolute atomic E-state index is 3.92. The third-order valence-electron chi connectivity index (χ3n) is 4.64. The summed E-state index contributed by atoms with van der Waals surface area (Å²) < 4.78 is 0. The lowest BCUT2D eigenvalue weighted by Crippen LogP contribution is -2.18. The number of hydrogen-bond donors (Lipinski definition) is 0. The first-order valence-corrected chi connectivity index (χ1v) is 7.90. The van der Waals surface area contributed by atoms with Crippen molar-refractivity contribution in [2.24, 2.45) is 11.8 Å². The zero-order valence-corrected chi connectivity index (χ0v) is 13.2. The van der Waals surface area contributed by atoms with Crippen LogP contribution in [-0.4, -0.2) is 11.9 Å². The molecule has 0 aliphatic heterocycles. The molecule has 108 valence electrons. The van der Waals surface area contributed by atoms with Crippen LogP contribution in [-0.2, 0) is 0 Å². The second-order valence-electron chi connectivity index (χ2n) is 6.23. The summed E-state index contributed by atoms with van der Waals surface area (Å²) in [5, 5.41) is 0. The highest BCUT2D eigenvalue weighted by molar-refractivity contribution is 5.36. The maximum atomic E-state index is 3.92. The summed E-state index contributed by atoms with van der Waals surface area (Å²) in [5.74, 6) is 1.18. The Labute approximate surface area is 124 Å². The van der Waals surface area contributed by atoms with E-state index in [1.807, 2.05) is 6.20 Å². The minimum Gasteiger partial charge on any atom is -0.355 e. The molecule has 0 N–H and O–H groups in total. The van der Waals surface area contributed by atoms with E-state index in [0.717, 1.165) is 6.42 Å². The van der Waals surface area contributed by atoms with E-state index in [4.69, 9.17) is 0 Å². The van der Waals surface area contributed by atoms with E-state index < -0.39 is 0 Å². The normalized spacial score (nSPS) is 27.8. The Kier molecular flexibility index (Phi) is 5.12. The Morgan fingerprint density at radius 1 is 1.30 bits per heavy atom. The molecule has 2 rings (SSSR count). The summed E-state index contributed by atoms with van der Waals surface area (Å²) >= 11 is 0. The minimum atomic E-state index is 0.503. The fourth-order valence-electron chi connectivity index (χ4n) is 3.35. The van der Waals surface area contributed by atoms with Gasteiger partial charge in [0.05, 0.1) is 0 Å². The van der Waals surface area contributed by atoms with Gasteiger partial charge in [0.2, 0.25) is 0 Å². The molecule has 0 radical (unpaired) electrons. The van der Waals surface area contributed by atoms with Crippen molar-refractivity contribution in [2.45, 2.75) is 52.4 Å². The van der Waals surface area contributed by atoms with Crippen LogP contribution < -0.4 is 0 Å². The van der Waals surface area contributed by atoms with Crippen molar-refractivity contribution in [1.82, 2.24) is 4.90 Å². The van der Waals surface area contributed by atoms with E-state index >= 15 is 0 Å². The van der Waals surface area contributed by atoms with E-state index in [1.54, 1.807) is 0 Å². The van der Waals surface area contributed by atoms with Gasteiger partial charge in [0.25, 0.3) is 0 Å². The van der Waals surface area contributed by atoms with Crippen LogP contribution in [0.15, 0.2) is 47.2 Å². The standard InChI is InChI=1S/C19H27N/c1-5-20(4)19-14-15(2)10-9-13-18(16(19)3)17-11-7-6-8-12-17/h5,10,15,17H,1,6-8,11-12,14H2,2-4H3/b18-10?,19-16+. The fraction of sp³-hybridized carbons (Fsp3) is 0.579. The monoisotopic (exact) mass is 269 g/mol. The Hall–Kier alpha value is -1.42. The molecule has 0 aromatic heterocycles. The summed E-state index contributed by atoms with van der Waals surface area (Å²) in [6.07, 6.45) is 11.9. The van der Waals surface area contributed by atoms with Gasteiger partial charge in [-0.1, -0.05) is 44.2 Å². The van der Waals surface area contributed by atoms with Gasteiger partial charge in [0, 0.05) is 18.3 Å². The lowest BCUT2D eigenvalue weighted by atomic mass is 9.80. The molecule has 0 spiro atoms. The van der Waals surface area contributed by atoms with Crippen LogP contribution in [0.1, 0.15) is 52.4 Å². The molecule has 1 nitrogen and oxygen atoms in total. The SMILES string of the molecule is C=CN(C)/C1=C(\C)C(C2CCCCC2)=C=C=CC(C)C1. The molecule has 2 aliphatic carbocycles. The number of hydrogen-bond acceptors (Lipinski definition) is 1. The van der Waals surface area contributed by atoms with Gasteiger partial charge in [0.1, 0.15) is 0 Å². The molecular formula is C19H27N. The van der Waals surface area contributed by atoms with Crippen molar-refractivity contribution in [2.75, 3.05) is 7.05 Å². The number of nitrogens with zero attached hydrogens (tertiary/aromatic N) is 1. The maximum Gasteiger partial charge on any atom is 0.0215 e. The van der Waals surface area contributed by atoms with Gasteiger partial charge in [-0.15, -0.1) is 0 Å². The van der Waals surface area contributed by atoms with Crippen LogP contribution in [0.4, 0.5) is 0 Å². The third kappa shape index (κ3) is 3.37. The summed E-state index contributed by atoms with van der Waals surface area (Å²) in [7, 11) is 2.10. The predicted molar refractivity (Wildman–Crippen MR) is 86.1 cm³/mol. The number of rotatable bonds is 3. The van der Waals surface area contributed by atoms with Gasteiger partial charge < -0.3 is 4.90 Å². The molecule has 2 aliphatic rings. The van der Waals surface area contributed by atoms with E-state index in [0.29, 0.717) is 11.8 Å². The van der Waals surface area contributed by atoms with Crippen molar-refractivity contribution in [3.05, 3.63) is 47.2 Å². The number of allylic oxidation sites excluding steroid dienone is 4. The van der Waals surface area contributed by atoms with E-state index in [2.05, 4.69) is 49.9 Å². The largest absolute Gasteiger partial charge is 0.355 e. The molecule has 0 amide bonds. The average Bonchev–Trinajstić information content (AvgIpc) is 2.47. The van der Waals surface area contributed by atoms with Crippen LogP contribution in [0, 0.1) is 11.8 Å². The zero-order valence-electron chi connectivity index (χ0n) is 13.2. The minimum absolute atomic E-state index is 0.503. The first-order valence-electron chi connectivity index (χ1n) is 7.90. The molecule has 0 heterocycles. The average molecular weight is 269 g/mol. The lowest BCUT2D eigenvalue weighted by Gasteiger charge is -2.29. The summed E-state index contributed by atoms with van der Waals surface area (Å²) in [6.45, 7) is 8.42. The van der Waals surface area contributed by atoms with Crippen molar-refractivity contribution in [3.8, 4) is 0 Å². The molecule has 1 fully saturated rings. The highest BCUT2D eigenvalue weighted by Gasteiger charge is 2.22. The van der Waals surface area contributed by atoms with E-state index in [9.17, 15) is 0 Å². The Bertz CT molecular complexity index is 490. The highest BCUT2D eigenvalue weighted by Crippen LogP contribution is 2.35. The van der Waals surface area contributed by atoms with Crippen LogP contribution in [0.2, 0.25) is 0 Å². The quantitative estimate of drug-likeness (QED) is 0.637. The van der Waals surface area contributed by atoms with E-state index in [-0.39, 0.29) is 0 Å². The summed E-state index contributed by atoms with van der Waals surface area (Å²) in [6, 6.07) is 0. The van der Waals surface area contributed by atoms with Crippen molar-refractivity contribution >= 4 is 0 Å². The van der Waals surface area contributed by atoms with Crippen LogP contribution in [0.5, 0.6) is 0 Å². The second-order valence-corrected chi connectivity index (χ2v) is 6.23. The Morgan fingerprint density at radius 3 is 2.65 bits per heavy atom. The molecule has 0 bridgehead atoms. The van der Waals surface area contributed by atoms with Crippen molar-refractivity contribution in [3.63, 3.8) is 0 Å². The Balaban J connectivity index is 2.45. The molecule has 1 heteroatoms. The molecule has 20 heavy (non-hydrogen) atoms. The van der Waals surface area contributed by atoms with Crippen molar-refractivity contribution < 1.29 is 0 Å². The molecule has 0 aromatic rings. The molecule has 1 unspecified atom stereocenters. The van der Waals surface area contributed by atoms with Gasteiger partial charge in [-0.05, 0) is 55.9 Å². The molecule has 0 aromatic carbocycles. The van der Waals surface area contributed by atoms with Gasteiger partial charge in [-0.25, -0.2) is 0 Å². The van der Waals surface area contributed by atoms with Crippen molar-refractivity contribution in [1.29, 1.82) is 0 Å². The Morgan fingerprint density at radius 2 is 2.00 bits per heavy atom. The lowest BCUT2D eigenvalue weighted by molar-refractivity contribution is 0.402. The van der Waals surface area contributed by atoms with Crippen LogP contribution in [0.25, 0.3) is 0 Å².